The van der Waals surface area contributed by atoms with E-state index in [-0.39, 0.29) is 17.5 Å². The highest BCUT2D eigenvalue weighted by Gasteiger charge is 2.31. The van der Waals surface area contributed by atoms with Crippen molar-refractivity contribution in [2.75, 3.05) is 17.3 Å². The summed E-state index contributed by atoms with van der Waals surface area (Å²) in [5.41, 5.74) is 9.39. The molecule has 4 rings (SSSR count). The number of hydrazone groups is 1. The number of nitrogens with zero attached hydrogens (tertiary/aromatic N) is 3. The van der Waals surface area contributed by atoms with Crippen molar-refractivity contribution in [2.45, 2.75) is 33.2 Å². The zero-order chi connectivity index (χ0) is 19.9. The van der Waals surface area contributed by atoms with Crippen LogP contribution in [0, 0.1) is 20.8 Å². The SMILES string of the molecule is Cc1ccc(N=C2NN=C(c3cc(C)n(C4CCS(=O)(=O)C4)c3C)CS2)cc1. The second-order valence-electron chi connectivity index (χ2n) is 7.42. The van der Waals surface area contributed by atoms with E-state index in [4.69, 9.17) is 0 Å². The lowest BCUT2D eigenvalue weighted by molar-refractivity contribution is 0.535. The Kier molecular flexibility index (Phi) is 5.09. The van der Waals surface area contributed by atoms with Crippen molar-refractivity contribution in [1.82, 2.24) is 9.99 Å². The number of nitrogens with one attached hydrogen (secondary N) is 1. The Morgan fingerprint density at radius 2 is 1.96 bits per heavy atom. The molecule has 1 N–H and O–H groups in total. The third-order valence-electron chi connectivity index (χ3n) is 5.27. The third kappa shape index (κ3) is 3.89. The zero-order valence-corrected chi connectivity index (χ0v) is 17.9. The van der Waals surface area contributed by atoms with E-state index in [0.29, 0.717) is 6.42 Å². The molecule has 2 aliphatic heterocycles. The fourth-order valence-electron chi connectivity index (χ4n) is 3.86. The molecular formula is C20H24N4O2S2. The zero-order valence-electron chi connectivity index (χ0n) is 16.3. The minimum atomic E-state index is -2.92. The van der Waals surface area contributed by atoms with Gasteiger partial charge in [-0.1, -0.05) is 29.5 Å². The van der Waals surface area contributed by atoms with Gasteiger partial charge in [0.25, 0.3) is 0 Å². The lowest BCUT2D eigenvalue weighted by atomic mass is 10.1. The molecule has 148 valence electrons. The number of aryl methyl sites for hydroxylation is 2. The van der Waals surface area contributed by atoms with Crippen molar-refractivity contribution in [3.05, 3.63) is 52.8 Å². The predicted molar refractivity (Wildman–Crippen MR) is 117 cm³/mol. The van der Waals surface area contributed by atoms with Gasteiger partial charge in [0.1, 0.15) is 0 Å². The first-order valence-electron chi connectivity index (χ1n) is 9.32. The molecule has 3 heterocycles. The Morgan fingerprint density at radius 3 is 2.57 bits per heavy atom. The van der Waals surface area contributed by atoms with E-state index in [2.05, 4.69) is 40.0 Å². The normalized spacial score (nSPS) is 22.9. The van der Waals surface area contributed by atoms with Crippen LogP contribution in [0.1, 0.15) is 35.0 Å². The molecule has 1 unspecified atom stereocenters. The number of sulfone groups is 1. The molecule has 0 bridgehead atoms. The molecule has 28 heavy (non-hydrogen) atoms. The molecule has 2 aliphatic rings. The summed E-state index contributed by atoms with van der Waals surface area (Å²) in [4.78, 5) is 4.60. The maximum atomic E-state index is 11.9. The van der Waals surface area contributed by atoms with E-state index in [1.54, 1.807) is 11.8 Å². The van der Waals surface area contributed by atoms with Gasteiger partial charge in [-0.15, -0.1) is 0 Å². The number of amidine groups is 1. The standard InChI is InChI=1S/C20H24N4O2S2/c1-13-4-6-16(7-5-13)21-20-23-22-19(11-27-20)18-10-14(2)24(15(18)3)17-8-9-28(25,26)12-17/h4-7,10,17H,8-9,11-12H2,1-3H3,(H,21,23). The van der Waals surface area contributed by atoms with Crippen LogP contribution < -0.4 is 5.43 Å². The van der Waals surface area contributed by atoms with E-state index in [1.807, 2.05) is 31.2 Å². The summed E-state index contributed by atoms with van der Waals surface area (Å²) in [6.45, 7) is 6.14. The van der Waals surface area contributed by atoms with Crippen LogP contribution in [0.5, 0.6) is 0 Å². The number of hydrogen-bond acceptors (Lipinski definition) is 5. The molecule has 2 aromatic rings. The maximum absolute atomic E-state index is 11.9. The van der Waals surface area contributed by atoms with Crippen molar-refractivity contribution in [3.8, 4) is 0 Å². The van der Waals surface area contributed by atoms with Gasteiger partial charge in [-0.2, -0.15) is 5.10 Å². The number of benzene rings is 1. The minimum absolute atomic E-state index is 0.0298. The van der Waals surface area contributed by atoms with Gasteiger partial charge in [0, 0.05) is 28.7 Å². The quantitative estimate of drug-likeness (QED) is 0.831. The highest BCUT2D eigenvalue weighted by molar-refractivity contribution is 8.14. The summed E-state index contributed by atoms with van der Waals surface area (Å²) in [7, 11) is -2.92. The van der Waals surface area contributed by atoms with E-state index < -0.39 is 9.84 Å². The number of rotatable bonds is 3. The van der Waals surface area contributed by atoms with E-state index in [0.717, 1.165) is 39.3 Å². The van der Waals surface area contributed by atoms with Gasteiger partial charge in [-0.3, -0.25) is 5.43 Å². The fourth-order valence-corrected chi connectivity index (χ4v) is 6.33. The fraction of sp³-hybridized carbons (Fsp3) is 0.400. The lowest BCUT2D eigenvalue weighted by Gasteiger charge is -2.18. The first-order chi connectivity index (χ1) is 13.3. The number of aromatic nitrogens is 1. The molecule has 1 atom stereocenters. The number of thioether (sulfide) groups is 1. The molecular weight excluding hydrogens is 392 g/mol. The van der Waals surface area contributed by atoms with Gasteiger partial charge in [-0.25, -0.2) is 13.4 Å². The molecule has 8 heteroatoms. The first kappa shape index (κ1) is 19.3. The van der Waals surface area contributed by atoms with Crippen molar-refractivity contribution in [2.24, 2.45) is 10.1 Å². The van der Waals surface area contributed by atoms with Crippen LogP contribution in [0.25, 0.3) is 0 Å². The summed E-state index contributed by atoms with van der Waals surface area (Å²) in [6.07, 6.45) is 0.685. The van der Waals surface area contributed by atoms with Gasteiger partial charge in [-0.05, 0) is 45.4 Å². The van der Waals surface area contributed by atoms with Gasteiger partial charge in [0.2, 0.25) is 0 Å². The lowest BCUT2D eigenvalue weighted by Crippen LogP contribution is -2.25. The van der Waals surface area contributed by atoms with E-state index >= 15 is 0 Å². The van der Waals surface area contributed by atoms with Gasteiger partial charge >= 0.3 is 0 Å². The smallest absolute Gasteiger partial charge is 0.182 e. The van der Waals surface area contributed by atoms with Crippen LogP contribution in [0.4, 0.5) is 5.69 Å². The largest absolute Gasteiger partial charge is 0.344 e. The number of aliphatic imine (C=N–C) groups is 1. The Labute approximate surface area is 170 Å². The van der Waals surface area contributed by atoms with Crippen LogP contribution in [-0.4, -0.2) is 41.1 Å². The summed E-state index contributed by atoms with van der Waals surface area (Å²) in [5, 5.41) is 5.33. The van der Waals surface area contributed by atoms with Gasteiger partial charge in [0.15, 0.2) is 15.0 Å². The molecule has 1 saturated heterocycles. The molecule has 0 spiro atoms. The van der Waals surface area contributed by atoms with E-state index in [1.165, 1.54) is 5.56 Å². The van der Waals surface area contributed by atoms with E-state index in [9.17, 15) is 8.42 Å². The Balaban J connectivity index is 1.55. The molecule has 1 aromatic heterocycles. The average Bonchev–Trinajstić information content (AvgIpc) is 3.16. The summed E-state index contributed by atoms with van der Waals surface area (Å²) in [6, 6.07) is 10.2. The summed E-state index contributed by atoms with van der Waals surface area (Å²) >= 11 is 1.62. The van der Waals surface area contributed by atoms with Crippen LogP contribution in [0.3, 0.4) is 0 Å². The summed E-state index contributed by atoms with van der Waals surface area (Å²) < 4.78 is 25.9. The second-order valence-corrected chi connectivity index (χ2v) is 10.6. The van der Waals surface area contributed by atoms with Gasteiger partial charge < -0.3 is 4.57 Å². The molecule has 1 fully saturated rings. The van der Waals surface area contributed by atoms with Crippen LogP contribution in [0.15, 0.2) is 40.4 Å². The molecule has 0 amide bonds. The molecule has 1 aromatic carbocycles. The van der Waals surface area contributed by atoms with Crippen molar-refractivity contribution < 1.29 is 8.42 Å². The van der Waals surface area contributed by atoms with Crippen LogP contribution in [0.2, 0.25) is 0 Å². The van der Waals surface area contributed by atoms with Crippen molar-refractivity contribution >= 4 is 38.2 Å². The third-order valence-corrected chi connectivity index (χ3v) is 7.89. The molecule has 0 aliphatic carbocycles. The highest BCUT2D eigenvalue weighted by Crippen LogP contribution is 2.30. The average molecular weight is 417 g/mol. The highest BCUT2D eigenvalue weighted by atomic mass is 32.2. The van der Waals surface area contributed by atoms with Crippen LogP contribution in [-0.2, 0) is 9.84 Å². The first-order valence-corrected chi connectivity index (χ1v) is 12.1. The number of hydrogen-bond donors (Lipinski definition) is 1. The topological polar surface area (TPSA) is 75.8 Å². The van der Waals surface area contributed by atoms with Crippen molar-refractivity contribution in [1.29, 1.82) is 0 Å². The second kappa shape index (κ2) is 7.40. The Morgan fingerprint density at radius 1 is 1.21 bits per heavy atom. The van der Waals surface area contributed by atoms with Crippen molar-refractivity contribution in [3.63, 3.8) is 0 Å². The summed E-state index contributed by atoms with van der Waals surface area (Å²) in [5.74, 6) is 1.24. The van der Waals surface area contributed by atoms with Gasteiger partial charge in [0.05, 0.1) is 22.9 Å². The molecule has 0 radical (unpaired) electrons. The van der Waals surface area contributed by atoms with Crippen LogP contribution >= 0.6 is 11.8 Å². The molecule has 0 saturated carbocycles. The Hall–Kier alpha value is -2.06. The monoisotopic (exact) mass is 416 g/mol. The minimum Gasteiger partial charge on any atom is -0.344 e. The maximum Gasteiger partial charge on any atom is 0.182 e. The molecule has 6 nitrogen and oxygen atoms in total. The predicted octanol–water partition coefficient (Wildman–Crippen LogP) is 3.50. The Bertz CT molecular complexity index is 1070.